The number of benzene rings is 1. The van der Waals surface area contributed by atoms with E-state index in [9.17, 15) is 9.90 Å². The van der Waals surface area contributed by atoms with Gasteiger partial charge in [-0.15, -0.1) is 0 Å². The van der Waals surface area contributed by atoms with E-state index in [-0.39, 0.29) is 11.5 Å². The summed E-state index contributed by atoms with van der Waals surface area (Å²) >= 11 is 0. The molecule has 1 aromatic carbocycles. The lowest BCUT2D eigenvalue weighted by atomic mass is 10.0. The molecule has 0 aliphatic heterocycles. The molecular formula is C21H34O4. The lowest BCUT2D eigenvalue weighted by Gasteiger charge is -2.08. The van der Waals surface area contributed by atoms with E-state index < -0.39 is 6.16 Å². The van der Waals surface area contributed by atoms with Crippen molar-refractivity contribution in [1.82, 2.24) is 0 Å². The zero-order valence-electron chi connectivity index (χ0n) is 15.6. The van der Waals surface area contributed by atoms with Crippen LogP contribution in [-0.2, 0) is 6.42 Å². The molecule has 4 nitrogen and oxygen atoms in total. The Bertz CT molecular complexity index is 485. The number of rotatable bonds is 14. The molecule has 142 valence electrons. The van der Waals surface area contributed by atoms with Crippen molar-refractivity contribution >= 4 is 6.16 Å². The predicted octanol–water partition coefficient (Wildman–Crippen LogP) is 6.69. The number of ether oxygens (including phenoxy) is 1. The molecule has 25 heavy (non-hydrogen) atoms. The van der Waals surface area contributed by atoms with Crippen molar-refractivity contribution in [2.75, 3.05) is 0 Å². The molecule has 1 aromatic rings. The van der Waals surface area contributed by atoms with Gasteiger partial charge in [0, 0.05) is 0 Å². The fraction of sp³-hybridized carbons (Fsp3) is 0.667. The van der Waals surface area contributed by atoms with Crippen LogP contribution in [0.1, 0.15) is 89.5 Å². The first kappa shape index (κ1) is 21.3. The first-order valence-corrected chi connectivity index (χ1v) is 9.86. The molecule has 4 heteroatoms. The highest BCUT2D eigenvalue weighted by molar-refractivity contribution is 5.63. The van der Waals surface area contributed by atoms with E-state index in [1.54, 1.807) is 6.07 Å². The predicted molar refractivity (Wildman–Crippen MR) is 102 cm³/mol. The highest BCUT2D eigenvalue weighted by atomic mass is 16.7. The number of hydrogen-bond acceptors (Lipinski definition) is 3. The molecule has 0 saturated carbocycles. The lowest BCUT2D eigenvalue weighted by molar-refractivity contribution is 0.143. The minimum Gasteiger partial charge on any atom is -0.504 e. The molecule has 0 amide bonds. The number of unbranched alkanes of at least 4 members (excludes halogenated alkanes) is 11. The maximum Gasteiger partial charge on any atom is 0.511 e. The Morgan fingerprint density at radius 2 is 1.40 bits per heavy atom. The number of carboxylic acid groups (broad SMARTS) is 1. The monoisotopic (exact) mass is 350 g/mol. The van der Waals surface area contributed by atoms with E-state index >= 15 is 0 Å². The first-order valence-electron chi connectivity index (χ1n) is 9.86. The third-order valence-electron chi connectivity index (χ3n) is 4.58. The van der Waals surface area contributed by atoms with E-state index in [1.165, 1.54) is 70.3 Å². The van der Waals surface area contributed by atoms with Crippen molar-refractivity contribution in [3.05, 3.63) is 23.8 Å². The van der Waals surface area contributed by atoms with Crippen LogP contribution in [0.4, 0.5) is 4.79 Å². The topological polar surface area (TPSA) is 66.8 Å². The Hall–Kier alpha value is -1.71. The van der Waals surface area contributed by atoms with E-state index in [0.717, 1.165) is 24.8 Å². The Morgan fingerprint density at radius 3 is 1.92 bits per heavy atom. The maximum atomic E-state index is 10.6. The van der Waals surface area contributed by atoms with Crippen molar-refractivity contribution in [1.29, 1.82) is 0 Å². The number of hydrogen-bond donors (Lipinski definition) is 2. The lowest BCUT2D eigenvalue weighted by Crippen LogP contribution is -2.03. The quantitative estimate of drug-likeness (QED) is 0.223. The fourth-order valence-corrected chi connectivity index (χ4v) is 3.10. The molecular weight excluding hydrogens is 316 g/mol. The summed E-state index contributed by atoms with van der Waals surface area (Å²) in [5.74, 6) is -0.0306. The van der Waals surface area contributed by atoms with Gasteiger partial charge in [0.05, 0.1) is 0 Å². The largest absolute Gasteiger partial charge is 0.511 e. The zero-order valence-corrected chi connectivity index (χ0v) is 15.6. The summed E-state index contributed by atoms with van der Waals surface area (Å²) in [5.41, 5.74) is 0.755. The second-order valence-electron chi connectivity index (χ2n) is 6.77. The molecule has 0 radical (unpaired) electrons. The number of aromatic hydroxyl groups is 1. The van der Waals surface area contributed by atoms with Crippen molar-refractivity contribution in [2.24, 2.45) is 0 Å². The number of phenolic OH excluding ortho intramolecular Hbond substituents is 1. The Kier molecular flexibility index (Phi) is 11.6. The van der Waals surface area contributed by atoms with Crippen LogP contribution in [0, 0.1) is 0 Å². The molecule has 0 aromatic heterocycles. The number of para-hydroxylation sites is 1. The number of phenols is 1. The van der Waals surface area contributed by atoms with Crippen molar-refractivity contribution in [3.8, 4) is 11.5 Å². The average molecular weight is 350 g/mol. The van der Waals surface area contributed by atoms with Gasteiger partial charge in [0.2, 0.25) is 0 Å². The fourth-order valence-electron chi connectivity index (χ4n) is 3.10. The summed E-state index contributed by atoms with van der Waals surface area (Å²) < 4.78 is 4.57. The van der Waals surface area contributed by atoms with Crippen LogP contribution >= 0.6 is 0 Å². The van der Waals surface area contributed by atoms with Gasteiger partial charge >= 0.3 is 6.16 Å². The van der Waals surface area contributed by atoms with Gasteiger partial charge < -0.3 is 14.9 Å². The second kappa shape index (κ2) is 13.6. The summed E-state index contributed by atoms with van der Waals surface area (Å²) in [5, 5.41) is 18.7. The van der Waals surface area contributed by atoms with Gasteiger partial charge in [-0.25, -0.2) is 4.79 Å². The molecule has 0 fully saturated rings. The number of aryl methyl sites for hydroxylation is 1. The molecule has 0 aliphatic carbocycles. The molecule has 1 rings (SSSR count). The summed E-state index contributed by atoms with van der Waals surface area (Å²) in [7, 11) is 0. The van der Waals surface area contributed by atoms with Crippen LogP contribution in [0.3, 0.4) is 0 Å². The summed E-state index contributed by atoms with van der Waals surface area (Å²) in [6.07, 6.45) is 14.9. The van der Waals surface area contributed by atoms with Gasteiger partial charge in [-0.2, -0.15) is 0 Å². The van der Waals surface area contributed by atoms with Gasteiger partial charge in [0.15, 0.2) is 11.5 Å². The van der Waals surface area contributed by atoms with Crippen LogP contribution in [-0.4, -0.2) is 16.4 Å². The minimum absolute atomic E-state index is 0.0175. The van der Waals surface area contributed by atoms with Crippen molar-refractivity contribution in [3.63, 3.8) is 0 Å². The van der Waals surface area contributed by atoms with Crippen LogP contribution in [0.15, 0.2) is 18.2 Å². The molecule has 0 spiro atoms. The van der Waals surface area contributed by atoms with Gasteiger partial charge in [-0.05, 0) is 24.5 Å². The van der Waals surface area contributed by atoms with Crippen LogP contribution in [0.2, 0.25) is 0 Å². The van der Waals surface area contributed by atoms with Gasteiger partial charge in [0.1, 0.15) is 0 Å². The van der Waals surface area contributed by atoms with Crippen molar-refractivity contribution in [2.45, 2.75) is 90.4 Å². The summed E-state index contributed by atoms with van der Waals surface area (Å²) in [6, 6.07) is 5.01. The van der Waals surface area contributed by atoms with Crippen LogP contribution in [0.25, 0.3) is 0 Å². The second-order valence-corrected chi connectivity index (χ2v) is 6.77. The molecule has 0 saturated heterocycles. The number of carbonyl (C=O) groups is 1. The molecule has 0 atom stereocenters. The Labute approximate surface area is 152 Å². The smallest absolute Gasteiger partial charge is 0.504 e. The average Bonchev–Trinajstić information content (AvgIpc) is 2.58. The maximum absolute atomic E-state index is 10.6. The normalized spacial score (nSPS) is 10.8. The van der Waals surface area contributed by atoms with E-state index in [0.29, 0.717) is 0 Å². The molecule has 2 N–H and O–H groups in total. The summed E-state index contributed by atoms with van der Waals surface area (Å²) in [4.78, 5) is 10.6. The van der Waals surface area contributed by atoms with E-state index in [4.69, 9.17) is 5.11 Å². The van der Waals surface area contributed by atoms with Gasteiger partial charge in [0.25, 0.3) is 0 Å². The molecule has 0 aliphatic rings. The van der Waals surface area contributed by atoms with Gasteiger partial charge in [-0.3, -0.25) is 0 Å². The zero-order chi connectivity index (χ0) is 18.3. The van der Waals surface area contributed by atoms with Crippen molar-refractivity contribution < 1.29 is 19.7 Å². The SMILES string of the molecule is CCCCCCCCCCCCCCc1cccc(OC(=O)O)c1O. The Morgan fingerprint density at radius 1 is 0.880 bits per heavy atom. The summed E-state index contributed by atoms with van der Waals surface area (Å²) in [6.45, 7) is 2.25. The van der Waals surface area contributed by atoms with Crippen LogP contribution < -0.4 is 4.74 Å². The highest BCUT2D eigenvalue weighted by Crippen LogP contribution is 2.31. The van der Waals surface area contributed by atoms with Crippen LogP contribution in [0.5, 0.6) is 11.5 Å². The van der Waals surface area contributed by atoms with E-state index in [1.807, 2.05) is 6.07 Å². The standard InChI is InChI=1S/C21H34O4/c1-2-3-4-5-6-7-8-9-10-11-12-13-15-18-16-14-17-19(20(18)22)25-21(23)24/h14,16-17,22H,2-13,15H2,1H3,(H,23,24). The Balaban J connectivity index is 2.06. The van der Waals surface area contributed by atoms with E-state index in [2.05, 4.69) is 11.7 Å². The molecule has 0 unspecified atom stereocenters. The molecule has 0 bridgehead atoms. The third-order valence-corrected chi connectivity index (χ3v) is 4.58. The molecule has 0 heterocycles. The highest BCUT2D eigenvalue weighted by Gasteiger charge is 2.10. The van der Waals surface area contributed by atoms with Gasteiger partial charge in [-0.1, -0.05) is 89.7 Å². The minimum atomic E-state index is -1.40. The first-order chi connectivity index (χ1) is 12.1. The third kappa shape index (κ3) is 10.0.